The summed E-state index contributed by atoms with van der Waals surface area (Å²) in [7, 11) is 0. The van der Waals surface area contributed by atoms with Gasteiger partial charge in [0.15, 0.2) is 0 Å². The molecular weight excluding hydrogens is 348 g/mol. The molecule has 2 aliphatic heterocycles. The minimum atomic E-state index is -0.323. The molecule has 0 aliphatic carbocycles. The number of anilines is 2. The van der Waals surface area contributed by atoms with Crippen LogP contribution in [0.5, 0.6) is 0 Å². The number of amides is 2. The van der Waals surface area contributed by atoms with Gasteiger partial charge in [-0.1, -0.05) is 35.9 Å². The van der Waals surface area contributed by atoms with Gasteiger partial charge in [0.1, 0.15) is 0 Å². The average Bonchev–Trinajstić information content (AvgIpc) is 3.16. The van der Waals surface area contributed by atoms with Gasteiger partial charge >= 0.3 is 0 Å². The summed E-state index contributed by atoms with van der Waals surface area (Å²) in [5.74, 6) is -0.309. The number of halogens is 1. The molecule has 2 atom stereocenters. The first kappa shape index (κ1) is 17.1. The van der Waals surface area contributed by atoms with Crippen molar-refractivity contribution in [2.45, 2.75) is 32.7 Å². The highest BCUT2D eigenvalue weighted by molar-refractivity contribution is 6.31. The van der Waals surface area contributed by atoms with Gasteiger partial charge in [0.05, 0.1) is 5.92 Å². The van der Waals surface area contributed by atoms with Crippen LogP contribution < -0.4 is 9.80 Å². The molecule has 26 heavy (non-hydrogen) atoms. The van der Waals surface area contributed by atoms with Gasteiger partial charge in [0.2, 0.25) is 11.8 Å². The Hall–Kier alpha value is -2.33. The molecule has 0 bridgehead atoms. The van der Waals surface area contributed by atoms with E-state index in [1.807, 2.05) is 42.2 Å². The number of aryl methyl sites for hydroxylation is 1. The van der Waals surface area contributed by atoms with Gasteiger partial charge < -0.3 is 9.80 Å². The fourth-order valence-electron chi connectivity index (χ4n) is 3.97. The number of hydrogen-bond acceptors (Lipinski definition) is 2. The minimum absolute atomic E-state index is 0.0246. The highest BCUT2D eigenvalue weighted by Gasteiger charge is 2.41. The Kier molecular flexibility index (Phi) is 4.23. The van der Waals surface area contributed by atoms with Crippen molar-refractivity contribution in [3.63, 3.8) is 0 Å². The summed E-state index contributed by atoms with van der Waals surface area (Å²) in [5.41, 5.74) is 3.90. The standard InChI is InChI=1S/C21H21ClN2O2/c1-13-7-8-17(11-18(13)22)23-12-16(10-20(23)25)21(26)24-14(2)9-15-5-3-4-6-19(15)24/h3-8,11,14,16H,9-10,12H2,1-2H3/t14-,16+/m0/s1. The molecule has 0 radical (unpaired) electrons. The Bertz CT molecular complexity index is 895. The van der Waals surface area contributed by atoms with Crippen LogP contribution in [0.3, 0.4) is 0 Å². The van der Waals surface area contributed by atoms with Crippen LogP contribution in [0.25, 0.3) is 0 Å². The van der Waals surface area contributed by atoms with Crippen molar-refractivity contribution < 1.29 is 9.59 Å². The first-order chi connectivity index (χ1) is 12.5. The number of carbonyl (C=O) groups is 2. The molecule has 0 unspecified atom stereocenters. The smallest absolute Gasteiger partial charge is 0.232 e. The lowest BCUT2D eigenvalue weighted by molar-refractivity contribution is -0.124. The highest BCUT2D eigenvalue weighted by atomic mass is 35.5. The third-order valence-corrected chi connectivity index (χ3v) is 5.79. The second kappa shape index (κ2) is 6.44. The normalized spacial score (nSPS) is 22.0. The lowest BCUT2D eigenvalue weighted by Crippen LogP contribution is -2.41. The maximum absolute atomic E-state index is 13.2. The molecule has 0 saturated carbocycles. The van der Waals surface area contributed by atoms with E-state index in [0.29, 0.717) is 11.6 Å². The number of hydrogen-bond donors (Lipinski definition) is 0. The molecule has 1 saturated heterocycles. The zero-order valence-corrected chi connectivity index (χ0v) is 15.7. The van der Waals surface area contributed by atoms with Crippen LogP contribution in [-0.4, -0.2) is 24.4 Å². The molecule has 2 aromatic carbocycles. The second-order valence-corrected chi connectivity index (χ2v) is 7.64. The van der Waals surface area contributed by atoms with Crippen molar-refractivity contribution in [2.24, 2.45) is 5.92 Å². The van der Waals surface area contributed by atoms with Crippen LogP contribution in [-0.2, 0) is 16.0 Å². The number of fused-ring (bicyclic) bond motifs is 1. The van der Waals surface area contributed by atoms with E-state index in [2.05, 4.69) is 13.0 Å². The molecule has 2 heterocycles. The van der Waals surface area contributed by atoms with Crippen molar-refractivity contribution in [1.82, 2.24) is 0 Å². The molecule has 0 N–H and O–H groups in total. The molecule has 2 aliphatic rings. The van der Waals surface area contributed by atoms with E-state index in [1.54, 1.807) is 11.0 Å². The van der Waals surface area contributed by atoms with Crippen molar-refractivity contribution in [2.75, 3.05) is 16.3 Å². The molecule has 0 aromatic heterocycles. The van der Waals surface area contributed by atoms with E-state index in [1.165, 1.54) is 5.56 Å². The summed E-state index contributed by atoms with van der Waals surface area (Å²) in [6.45, 7) is 4.39. The Morgan fingerprint density at radius 1 is 1.15 bits per heavy atom. The second-order valence-electron chi connectivity index (χ2n) is 7.23. The molecule has 5 heteroatoms. The van der Waals surface area contributed by atoms with Crippen LogP contribution >= 0.6 is 11.6 Å². The lowest BCUT2D eigenvalue weighted by Gasteiger charge is -2.26. The fraction of sp³-hybridized carbons (Fsp3) is 0.333. The van der Waals surface area contributed by atoms with Gasteiger partial charge in [-0.15, -0.1) is 0 Å². The van der Waals surface area contributed by atoms with Gasteiger partial charge in [0, 0.05) is 35.4 Å². The largest absolute Gasteiger partial charge is 0.312 e. The van der Waals surface area contributed by atoms with Crippen molar-refractivity contribution in [3.05, 3.63) is 58.6 Å². The van der Waals surface area contributed by atoms with Crippen molar-refractivity contribution >= 4 is 34.8 Å². The summed E-state index contributed by atoms with van der Waals surface area (Å²) in [4.78, 5) is 29.3. The van der Waals surface area contributed by atoms with Crippen molar-refractivity contribution in [3.8, 4) is 0 Å². The molecule has 2 amide bonds. The number of rotatable bonds is 2. The number of para-hydroxylation sites is 1. The SMILES string of the molecule is Cc1ccc(N2C[C@H](C(=O)N3c4ccccc4C[C@@H]3C)CC2=O)cc1Cl. The van der Waals surface area contributed by atoms with Gasteiger partial charge in [0.25, 0.3) is 0 Å². The van der Waals surface area contributed by atoms with E-state index < -0.39 is 0 Å². The maximum Gasteiger partial charge on any atom is 0.232 e. The quantitative estimate of drug-likeness (QED) is 0.804. The number of nitrogens with zero attached hydrogens (tertiary/aromatic N) is 2. The van der Waals surface area contributed by atoms with Gasteiger partial charge in [-0.2, -0.15) is 0 Å². The van der Waals surface area contributed by atoms with E-state index in [0.717, 1.165) is 23.4 Å². The Labute approximate surface area is 158 Å². The van der Waals surface area contributed by atoms with Gasteiger partial charge in [-0.25, -0.2) is 0 Å². The molecule has 4 rings (SSSR count). The predicted octanol–water partition coefficient (Wildman–Crippen LogP) is 3.98. The molecule has 134 valence electrons. The van der Waals surface area contributed by atoms with E-state index in [4.69, 9.17) is 11.6 Å². The Morgan fingerprint density at radius 2 is 1.92 bits per heavy atom. The van der Waals surface area contributed by atoms with Crippen LogP contribution in [0.2, 0.25) is 5.02 Å². The molecule has 0 spiro atoms. The average molecular weight is 369 g/mol. The van der Waals surface area contributed by atoms with Crippen LogP contribution in [0.15, 0.2) is 42.5 Å². The number of carbonyl (C=O) groups excluding carboxylic acids is 2. The first-order valence-electron chi connectivity index (χ1n) is 8.93. The summed E-state index contributed by atoms with van der Waals surface area (Å²) >= 11 is 6.20. The lowest BCUT2D eigenvalue weighted by atomic mass is 10.1. The fourth-order valence-corrected chi connectivity index (χ4v) is 4.15. The van der Waals surface area contributed by atoms with Crippen LogP contribution in [0.1, 0.15) is 24.5 Å². The summed E-state index contributed by atoms with van der Waals surface area (Å²) in [5, 5.41) is 0.632. The van der Waals surface area contributed by atoms with Gasteiger partial charge in [-0.05, 0) is 49.6 Å². The van der Waals surface area contributed by atoms with E-state index in [-0.39, 0.29) is 30.2 Å². The molecule has 1 fully saturated rings. The van der Waals surface area contributed by atoms with E-state index in [9.17, 15) is 9.59 Å². The maximum atomic E-state index is 13.2. The summed E-state index contributed by atoms with van der Waals surface area (Å²) in [6.07, 6.45) is 1.11. The van der Waals surface area contributed by atoms with Crippen molar-refractivity contribution in [1.29, 1.82) is 0 Å². The van der Waals surface area contributed by atoms with Crippen LogP contribution in [0.4, 0.5) is 11.4 Å². The Balaban J connectivity index is 1.57. The monoisotopic (exact) mass is 368 g/mol. The topological polar surface area (TPSA) is 40.6 Å². The molecular formula is C21H21ClN2O2. The predicted molar refractivity (Wildman–Crippen MR) is 104 cm³/mol. The third-order valence-electron chi connectivity index (χ3n) is 5.39. The summed E-state index contributed by atoms with van der Waals surface area (Å²) in [6, 6.07) is 13.7. The third kappa shape index (κ3) is 2.78. The van der Waals surface area contributed by atoms with E-state index >= 15 is 0 Å². The molecule has 2 aromatic rings. The van der Waals surface area contributed by atoms with Gasteiger partial charge in [-0.3, -0.25) is 9.59 Å². The van der Waals surface area contributed by atoms with Crippen LogP contribution in [0, 0.1) is 12.8 Å². The molecule has 4 nitrogen and oxygen atoms in total. The zero-order valence-electron chi connectivity index (χ0n) is 14.9. The minimum Gasteiger partial charge on any atom is -0.312 e. The first-order valence-corrected chi connectivity index (χ1v) is 9.31. The highest BCUT2D eigenvalue weighted by Crippen LogP contribution is 2.35. The zero-order chi connectivity index (χ0) is 18.4. The Morgan fingerprint density at radius 3 is 2.69 bits per heavy atom. The summed E-state index contributed by atoms with van der Waals surface area (Å²) < 4.78 is 0. The number of benzene rings is 2.